The van der Waals surface area contributed by atoms with Crippen LogP contribution in [-0.2, 0) is 20.6 Å². The maximum absolute atomic E-state index is 14.6. The largest absolute Gasteiger partial charge is 0.502 e. The van der Waals surface area contributed by atoms with Gasteiger partial charge in [0, 0.05) is 43.7 Å². The van der Waals surface area contributed by atoms with Crippen LogP contribution in [-0.4, -0.2) is 69.7 Å². The van der Waals surface area contributed by atoms with Crippen molar-refractivity contribution in [2.45, 2.75) is 71.7 Å². The Morgan fingerprint density at radius 3 is 2.42 bits per heavy atom. The SMILES string of the molecule is CCN1C(=O)c2c(O)c(=O)c(C(=O)NCc3ccc(F)cc3F)cn2N(CCP(=O)(/N=C\C(C)C(=O)OC(C)C)Oc2ccccc2)C12CCCC2. The van der Waals surface area contributed by atoms with Crippen LogP contribution >= 0.6 is 7.52 Å². The average molecular weight is 742 g/mol. The Labute approximate surface area is 299 Å². The van der Waals surface area contributed by atoms with E-state index in [2.05, 4.69) is 10.1 Å². The van der Waals surface area contributed by atoms with Gasteiger partial charge in [-0.25, -0.2) is 13.5 Å². The van der Waals surface area contributed by atoms with Crippen LogP contribution in [0.5, 0.6) is 11.5 Å². The summed E-state index contributed by atoms with van der Waals surface area (Å²) in [5, 5.41) is 15.3. The van der Waals surface area contributed by atoms with Crippen molar-refractivity contribution in [1.29, 1.82) is 0 Å². The van der Waals surface area contributed by atoms with E-state index in [0.29, 0.717) is 18.9 Å². The number of halogens is 2. The third-order valence-corrected chi connectivity index (χ3v) is 10.8. The fourth-order valence-corrected chi connectivity index (χ4v) is 8.10. The number of benzene rings is 2. The van der Waals surface area contributed by atoms with Crippen LogP contribution in [0.3, 0.4) is 0 Å². The molecule has 1 aliphatic heterocycles. The van der Waals surface area contributed by atoms with Gasteiger partial charge in [-0.1, -0.05) is 24.3 Å². The average Bonchev–Trinajstić information content (AvgIpc) is 3.58. The summed E-state index contributed by atoms with van der Waals surface area (Å²) in [6, 6.07) is 11.2. The number of amides is 2. The number of pyridine rings is 1. The fraction of sp³-hybridized carbons (Fsp3) is 0.417. The summed E-state index contributed by atoms with van der Waals surface area (Å²) < 4.78 is 59.1. The van der Waals surface area contributed by atoms with Crippen LogP contribution in [0.25, 0.3) is 0 Å². The highest BCUT2D eigenvalue weighted by Gasteiger charge is 2.52. The monoisotopic (exact) mass is 741 g/mol. The maximum atomic E-state index is 14.6. The molecule has 2 heterocycles. The summed E-state index contributed by atoms with van der Waals surface area (Å²) in [4.78, 5) is 54.9. The van der Waals surface area contributed by atoms with Crippen LogP contribution in [0, 0.1) is 17.6 Å². The van der Waals surface area contributed by atoms with Crippen LogP contribution in [0.1, 0.15) is 79.8 Å². The van der Waals surface area contributed by atoms with Crippen molar-refractivity contribution in [2.75, 3.05) is 24.3 Å². The smallest absolute Gasteiger partial charge is 0.363 e. The van der Waals surface area contributed by atoms with Gasteiger partial charge in [0.15, 0.2) is 11.4 Å². The highest BCUT2D eigenvalue weighted by molar-refractivity contribution is 7.58. The van der Waals surface area contributed by atoms with Gasteiger partial charge in [0.2, 0.25) is 5.43 Å². The number of hydrogen-bond donors (Lipinski definition) is 2. The predicted octanol–water partition coefficient (Wildman–Crippen LogP) is 5.38. The van der Waals surface area contributed by atoms with Gasteiger partial charge in [0.25, 0.3) is 11.8 Å². The van der Waals surface area contributed by atoms with Crippen molar-refractivity contribution in [2.24, 2.45) is 10.7 Å². The van der Waals surface area contributed by atoms with E-state index in [0.717, 1.165) is 31.2 Å². The summed E-state index contributed by atoms with van der Waals surface area (Å²) >= 11 is 0. The molecule has 2 atom stereocenters. The number of para-hydroxylation sites is 1. The van der Waals surface area contributed by atoms with Gasteiger partial charge in [-0.05, 0) is 71.6 Å². The molecule has 2 N–H and O–H groups in total. The lowest BCUT2D eigenvalue weighted by molar-refractivity contribution is -0.149. The Morgan fingerprint density at radius 1 is 1.10 bits per heavy atom. The molecule has 2 unspecified atom stereocenters. The third kappa shape index (κ3) is 7.89. The zero-order valence-corrected chi connectivity index (χ0v) is 30.3. The van der Waals surface area contributed by atoms with E-state index in [4.69, 9.17) is 9.26 Å². The number of esters is 1. The minimum absolute atomic E-state index is 0.0427. The second-order valence-corrected chi connectivity index (χ2v) is 15.1. The molecule has 1 aromatic heterocycles. The third-order valence-electron chi connectivity index (χ3n) is 9.05. The lowest BCUT2D eigenvalue weighted by atomic mass is 10.0. The normalized spacial score (nSPS) is 16.9. The molecule has 1 aliphatic carbocycles. The predicted molar refractivity (Wildman–Crippen MR) is 189 cm³/mol. The van der Waals surface area contributed by atoms with Crippen molar-refractivity contribution < 1.29 is 42.1 Å². The van der Waals surface area contributed by atoms with E-state index in [-0.39, 0.29) is 36.7 Å². The van der Waals surface area contributed by atoms with E-state index in [9.17, 15) is 37.6 Å². The fourth-order valence-electron chi connectivity index (χ4n) is 6.55. The molecule has 0 saturated heterocycles. The van der Waals surface area contributed by atoms with Crippen LogP contribution in [0.15, 0.2) is 64.3 Å². The molecule has 16 heteroatoms. The number of ether oxygens (including phenoxy) is 1. The number of hydrogen-bond acceptors (Lipinski definition) is 9. The Balaban J connectivity index is 1.55. The summed E-state index contributed by atoms with van der Waals surface area (Å²) in [7, 11) is -4.02. The first-order chi connectivity index (χ1) is 24.7. The summed E-state index contributed by atoms with van der Waals surface area (Å²) in [5.41, 5.74) is -3.10. The van der Waals surface area contributed by atoms with Crippen LogP contribution in [0.2, 0.25) is 0 Å². The van der Waals surface area contributed by atoms with E-state index in [1.54, 1.807) is 67.9 Å². The zero-order chi connectivity index (χ0) is 37.8. The van der Waals surface area contributed by atoms with Gasteiger partial charge in [-0.3, -0.25) is 33.4 Å². The Hall–Kier alpha value is -5.04. The molecule has 1 saturated carbocycles. The lowest BCUT2D eigenvalue weighted by Crippen LogP contribution is -2.70. The zero-order valence-electron chi connectivity index (χ0n) is 29.4. The lowest BCUT2D eigenvalue weighted by Gasteiger charge is -2.54. The highest BCUT2D eigenvalue weighted by atomic mass is 31.2. The van der Waals surface area contributed by atoms with Crippen molar-refractivity contribution in [1.82, 2.24) is 14.9 Å². The van der Waals surface area contributed by atoms with E-state index in [1.165, 1.54) is 10.9 Å². The van der Waals surface area contributed by atoms with Crippen molar-refractivity contribution in [3.63, 3.8) is 0 Å². The number of carbonyl (C=O) groups excluding carboxylic acids is 3. The molecule has 3 aromatic rings. The van der Waals surface area contributed by atoms with Crippen molar-refractivity contribution in [3.05, 3.63) is 93.4 Å². The number of nitrogens with zero attached hydrogens (tertiary/aromatic N) is 4. The van der Waals surface area contributed by atoms with Crippen molar-refractivity contribution in [3.8, 4) is 11.5 Å². The topological polar surface area (TPSA) is 160 Å². The van der Waals surface area contributed by atoms with Crippen molar-refractivity contribution >= 4 is 31.5 Å². The molecule has 13 nitrogen and oxygen atoms in total. The minimum atomic E-state index is -4.02. The minimum Gasteiger partial charge on any atom is -0.502 e. The van der Waals surface area contributed by atoms with Crippen LogP contribution in [0.4, 0.5) is 8.78 Å². The molecular weight excluding hydrogens is 699 g/mol. The number of carbonyl (C=O) groups is 3. The van der Waals surface area contributed by atoms with E-state index in [1.807, 2.05) is 0 Å². The summed E-state index contributed by atoms with van der Waals surface area (Å²) in [6.07, 6.45) is 4.14. The highest BCUT2D eigenvalue weighted by Crippen LogP contribution is 2.50. The second kappa shape index (κ2) is 15.7. The van der Waals surface area contributed by atoms with Gasteiger partial charge in [-0.2, -0.15) is 0 Å². The van der Waals surface area contributed by atoms with Gasteiger partial charge in [0.1, 0.15) is 28.6 Å². The summed E-state index contributed by atoms with van der Waals surface area (Å²) in [6.45, 7) is 6.43. The molecule has 0 radical (unpaired) electrons. The number of aromatic nitrogens is 1. The van der Waals surface area contributed by atoms with Crippen LogP contribution < -0.4 is 20.3 Å². The molecule has 1 spiro atoms. The standard InChI is InChI=1S/C36H42F2N5O8P/c1-5-41-34(47)30-32(45)31(44)28(33(46)39-21-25-13-14-26(37)19-29(25)38)22-42(30)43(36(41)15-9-10-16-36)17-18-52(49,51-27-11-7-6-8-12-27)40-20-24(4)35(48)50-23(2)3/h6-8,11-14,19-20,22-24,45H,5,9-10,15-18,21H2,1-4H3,(H,39,46)/b40-20-. The molecule has 0 bridgehead atoms. The number of fused-ring (bicyclic) bond motifs is 1. The molecule has 2 amide bonds. The molecule has 1 fully saturated rings. The summed E-state index contributed by atoms with van der Waals surface area (Å²) in [5.74, 6) is -5.44. The van der Waals surface area contributed by atoms with E-state index < -0.39 is 77.5 Å². The molecule has 278 valence electrons. The van der Waals surface area contributed by atoms with Gasteiger partial charge in [-0.15, -0.1) is 0 Å². The Bertz CT molecular complexity index is 1970. The molecule has 2 aliphatic rings. The Morgan fingerprint density at radius 2 is 1.79 bits per heavy atom. The van der Waals surface area contributed by atoms with Gasteiger partial charge >= 0.3 is 13.5 Å². The first-order valence-corrected chi connectivity index (χ1v) is 18.9. The van der Waals surface area contributed by atoms with Gasteiger partial charge < -0.3 is 24.6 Å². The van der Waals surface area contributed by atoms with Gasteiger partial charge in [0.05, 0.1) is 18.2 Å². The number of nitrogens with one attached hydrogen (secondary N) is 1. The molecule has 52 heavy (non-hydrogen) atoms. The first-order valence-electron chi connectivity index (χ1n) is 17.1. The quantitative estimate of drug-likeness (QED) is 0.133. The Kier molecular flexibility index (Phi) is 11.5. The first kappa shape index (κ1) is 38.2. The second-order valence-electron chi connectivity index (χ2n) is 13.0. The number of aromatic hydroxyl groups is 1. The maximum Gasteiger partial charge on any atom is 0.363 e. The molecule has 5 rings (SSSR count). The van der Waals surface area contributed by atoms with E-state index >= 15 is 0 Å². The number of rotatable bonds is 13. The molecule has 2 aromatic carbocycles. The molecular formula is C36H42F2N5O8P.